The summed E-state index contributed by atoms with van der Waals surface area (Å²) in [5.41, 5.74) is 10.4. The largest absolute Gasteiger partial charge is 0.382 e. The van der Waals surface area contributed by atoms with Crippen LogP contribution in [0.4, 0.5) is 23.0 Å². The van der Waals surface area contributed by atoms with E-state index in [1.165, 1.54) is 0 Å². The maximum absolute atomic E-state index is 11.5. The average molecular weight is 515 g/mol. The van der Waals surface area contributed by atoms with E-state index in [1.54, 1.807) is 0 Å². The third-order valence-electron chi connectivity index (χ3n) is 3.25. The zero-order valence-electron chi connectivity index (χ0n) is 15.0. The number of anilines is 2. The molecule has 0 unspecified atom stereocenters. The molecule has 1 aromatic carbocycles. The fourth-order valence-electron chi connectivity index (χ4n) is 1.93. The molecule has 15 nitrogen and oxygen atoms in total. The summed E-state index contributed by atoms with van der Waals surface area (Å²) >= 11 is 0.809. The van der Waals surface area contributed by atoms with E-state index in [-0.39, 0.29) is 28.2 Å². The zero-order valence-corrected chi connectivity index (χ0v) is 18.3. The van der Waals surface area contributed by atoms with E-state index in [2.05, 4.69) is 20.2 Å². The summed E-state index contributed by atoms with van der Waals surface area (Å²) in [7, 11) is -13.8. The molecule has 0 radical (unpaired) electrons. The molecule has 31 heavy (non-hydrogen) atoms. The molecule has 0 aliphatic carbocycles. The number of thioether (sulfide) groups is 1. The van der Waals surface area contributed by atoms with Crippen LogP contribution in [0, 0.1) is 0 Å². The Labute approximate surface area is 180 Å². The first-order valence-corrected chi connectivity index (χ1v) is 13.1. The highest BCUT2D eigenvalue weighted by Gasteiger charge is 2.20. The first-order valence-electron chi connectivity index (χ1n) is 7.59. The van der Waals surface area contributed by atoms with E-state index in [4.69, 9.17) is 20.6 Å². The van der Waals surface area contributed by atoms with Crippen LogP contribution in [-0.2, 0) is 30.4 Å². The number of hydrogen-bond acceptors (Lipinski definition) is 13. The first kappa shape index (κ1) is 24.8. The monoisotopic (exact) mass is 514 g/mol. The van der Waals surface area contributed by atoms with E-state index < -0.39 is 51.6 Å². The highest BCUT2D eigenvalue weighted by molar-refractivity contribution is 8.00. The van der Waals surface area contributed by atoms with Crippen LogP contribution in [0.3, 0.4) is 0 Å². The molecule has 170 valence electrons. The highest BCUT2D eigenvalue weighted by atomic mass is 32.2. The van der Waals surface area contributed by atoms with Crippen molar-refractivity contribution in [3.8, 4) is 0 Å². The van der Waals surface area contributed by atoms with Crippen LogP contribution in [0.25, 0.3) is 0 Å². The second-order valence-corrected chi connectivity index (χ2v) is 11.0. The molecule has 0 atom stereocenters. The molecule has 0 amide bonds. The van der Waals surface area contributed by atoms with Gasteiger partial charge in [0.15, 0.2) is 22.5 Å². The Bertz CT molecular complexity index is 1330. The fourth-order valence-corrected chi connectivity index (χ4v) is 4.72. The van der Waals surface area contributed by atoms with Crippen molar-refractivity contribution in [1.82, 2.24) is 9.97 Å². The van der Waals surface area contributed by atoms with Gasteiger partial charge in [0.1, 0.15) is 10.6 Å². The minimum Gasteiger partial charge on any atom is -0.382 e. The fraction of sp³-hybridized carbons (Fsp3) is 0.167. The molecule has 0 aliphatic heterocycles. The van der Waals surface area contributed by atoms with Gasteiger partial charge in [-0.25, -0.2) is 9.97 Å². The summed E-state index contributed by atoms with van der Waals surface area (Å²) in [5, 5.41) is 7.05. The van der Waals surface area contributed by atoms with Crippen molar-refractivity contribution < 1.29 is 38.9 Å². The molecule has 2 aromatic rings. The summed E-state index contributed by atoms with van der Waals surface area (Å²) in [6.07, 6.45) is 0. The van der Waals surface area contributed by atoms with Gasteiger partial charge in [0.05, 0.1) is 10.6 Å². The van der Waals surface area contributed by atoms with Crippen molar-refractivity contribution in [2.75, 3.05) is 23.0 Å². The number of rotatable bonds is 8. The van der Waals surface area contributed by atoms with Gasteiger partial charge in [0.2, 0.25) is 0 Å². The number of hydrogen-bond donors (Lipinski definition) is 5. The summed E-state index contributed by atoms with van der Waals surface area (Å²) in [4.78, 5) is 6.07. The Kier molecular flexibility index (Phi) is 7.20. The summed E-state index contributed by atoms with van der Waals surface area (Å²) in [6.45, 7) is 0. The molecule has 0 spiro atoms. The molecule has 0 saturated carbocycles. The van der Waals surface area contributed by atoms with Crippen LogP contribution >= 0.6 is 11.8 Å². The number of nitrogen functional groups attached to an aromatic ring is 2. The number of benzene rings is 1. The molecule has 0 aliphatic rings. The van der Waals surface area contributed by atoms with Crippen LogP contribution in [0.15, 0.2) is 43.4 Å². The van der Waals surface area contributed by atoms with Gasteiger partial charge < -0.3 is 11.5 Å². The maximum Gasteiger partial charge on any atom is 0.296 e. The number of azo groups is 1. The lowest BCUT2D eigenvalue weighted by molar-refractivity contribution is 0.478. The van der Waals surface area contributed by atoms with Gasteiger partial charge in [-0.15, -0.1) is 10.2 Å². The molecule has 0 bridgehead atoms. The highest BCUT2D eigenvalue weighted by Crippen LogP contribution is 2.33. The van der Waals surface area contributed by atoms with Gasteiger partial charge >= 0.3 is 0 Å². The third kappa shape index (κ3) is 7.05. The van der Waals surface area contributed by atoms with Crippen molar-refractivity contribution in [3.05, 3.63) is 18.2 Å². The van der Waals surface area contributed by atoms with Crippen molar-refractivity contribution in [2.45, 2.75) is 14.9 Å². The lowest BCUT2D eigenvalue weighted by atomic mass is 10.3. The van der Waals surface area contributed by atoms with E-state index in [1.807, 2.05) is 0 Å². The average Bonchev–Trinajstić information content (AvgIpc) is 2.58. The van der Waals surface area contributed by atoms with Gasteiger partial charge in [-0.05, 0) is 18.2 Å². The molecule has 7 N–H and O–H groups in total. The van der Waals surface area contributed by atoms with E-state index in [0.717, 1.165) is 17.8 Å². The van der Waals surface area contributed by atoms with Crippen LogP contribution in [0.1, 0.15) is 0 Å². The Morgan fingerprint density at radius 1 is 0.903 bits per heavy atom. The van der Waals surface area contributed by atoms with E-state index >= 15 is 0 Å². The van der Waals surface area contributed by atoms with Gasteiger partial charge in [-0.1, -0.05) is 11.8 Å². The van der Waals surface area contributed by atoms with Crippen molar-refractivity contribution in [1.29, 1.82) is 0 Å². The molecular weight excluding hydrogens is 500 g/mol. The van der Waals surface area contributed by atoms with Gasteiger partial charge in [0, 0.05) is 5.75 Å². The van der Waals surface area contributed by atoms with Gasteiger partial charge in [0.25, 0.3) is 30.4 Å². The number of nitrogens with two attached hydrogens (primary N) is 2. The predicted molar refractivity (Wildman–Crippen MR) is 108 cm³/mol. The van der Waals surface area contributed by atoms with E-state index in [9.17, 15) is 29.8 Å². The summed E-state index contributed by atoms with van der Waals surface area (Å²) < 4.78 is 94.0. The first-order chi connectivity index (χ1) is 14.1. The Morgan fingerprint density at radius 2 is 1.48 bits per heavy atom. The van der Waals surface area contributed by atoms with E-state index in [0.29, 0.717) is 12.1 Å². The summed E-state index contributed by atoms with van der Waals surface area (Å²) in [6, 6.07) is 2.04. The molecule has 0 saturated heterocycles. The minimum atomic E-state index is -4.85. The second kappa shape index (κ2) is 8.98. The number of aromatic nitrogens is 2. The molecule has 2 rings (SSSR count). The van der Waals surface area contributed by atoms with Gasteiger partial charge in [-0.3, -0.25) is 13.7 Å². The lowest BCUT2D eigenvalue weighted by Gasteiger charge is -2.06. The van der Waals surface area contributed by atoms with Crippen LogP contribution in [0.5, 0.6) is 0 Å². The molecule has 1 heterocycles. The van der Waals surface area contributed by atoms with Crippen molar-refractivity contribution in [3.63, 3.8) is 0 Å². The van der Waals surface area contributed by atoms with Crippen LogP contribution < -0.4 is 11.5 Å². The Balaban J connectivity index is 2.43. The maximum atomic E-state index is 11.5. The smallest absolute Gasteiger partial charge is 0.296 e. The van der Waals surface area contributed by atoms with Crippen LogP contribution in [0.2, 0.25) is 0 Å². The lowest BCUT2D eigenvalue weighted by Crippen LogP contribution is -2.07. The van der Waals surface area contributed by atoms with Gasteiger partial charge in [-0.2, -0.15) is 25.3 Å². The zero-order chi connectivity index (χ0) is 23.6. The Hall–Kier alpha value is -2.42. The summed E-state index contributed by atoms with van der Waals surface area (Å²) in [5.74, 6) is -1.38. The molecule has 0 fully saturated rings. The molecule has 1 aromatic heterocycles. The molecular formula is C12H14N6O9S4. The standard InChI is InChI=1S/C12H14N6O9S4/c13-10-9(11(14)16-12(15-10)28-3-4-29(19,20)21)18-17-7-5-6(30(22,23)24)1-2-8(7)31(25,26)27/h1-2,5H,3-4H2,(H,19,20,21)(H,22,23,24)(H,25,26,27)(H4,13,14,15,16)/b18-17+. The third-order valence-corrected chi connectivity index (χ3v) is 6.83. The Morgan fingerprint density at radius 3 is 1.97 bits per heavy atom. The quantitative estimate of drug-likeness (QED) is 0.139. The number of nitrogens with zero attached hydrogens (tertiary/aromatic N) is 4. The second-order valence-electron chi connectivity index (χ2n) is 5.54. The normalized spacial score (nSPS) is 13.0. The van der Waals surface area contributed by atoms with Crippen LogP contribution in [-0.4, -0.2) is 60.4 Å². The van der Waals surface area contributed by atoms with Crippen molar-refractivity contribution in [2.24, 2.45) is 10.2 Å². The topological polar surface area (TPSA) is 266 Å². The molecule has 19 heteroatoms. The SMILES string of the molecule is Nc1nc(SCCS(=O)(=O)O)nc(N)c1/N=N/c1cc(S(=O)(=O)O)ccc1S(=O)(=O)O. The van der Waals surface area contributed by atoms with Crippen molar-refractivity contribution >= 4 is 65.1 Å². The minimum absolute atomic E-state index is 0.0513. The predicted octanol–water partition coefficient (Wildman–Crippen LogP) is 0.530.